The number of rotatable bonds is 3. The second kappa shape index (κ2) is 5.46. The minimum Gasteiger partial charge on any atom is -0.258 e. The molecule has 0 saturated heterocycles. The van der Waals surface area contributed by atoms with E-state index in [1.807, 2.05) is 0 Å². The van der Waals surface area contributed by atoms with Crippen molar-refractivity contribution in [2.24, 2.45) is 4.99 Å². The van der Waals surface area contributed by atoms with E-state index in [-0.39, 0.29) is 5.69 Å². The van der Waals surface area contributed by atoms with Crippen molar-refractivity contribution in [3.63, 3.8) is 0 Å². The molecule has 0 fully saturated rings. The molecule has 0 unspecified atom stereocenters. The third kappa shape index (κ3) is 2.56. The van der Waals surface area contributed by atoms with Gasteiger partial charge in [0.05, 0.1) is 10.5 Å². The van der Waals surface area contributed by atoms with Gasteiger partial charge in [0.1, 0.15) is 11.1 Å². The molecular formula is C15H11N3O2S. The number of benzene rings is 1. The molecular weight excluding hydrogens is 286 g/mol. The third-order valence-corrected chi connectivity index (χ3v) is 4.63. The summed E-state index contributed by atoms with van der Waals surface area (Å²) in [4.78, 5) is 15.9. The van der Waals surface area contributed by atoms with Gasteiger partial charge in [0.2, 0.25) is 0 Å². The first kappa shape index (κ1) is 13.5. The minimum atomic E-state index is -0.433. The summed E-state index contributed by atoms with van der Waals surface area (Å²) in [5.41, 5.74) is 2.48. The number of non-ortho nitro benzene ring substituents is 1. The molecule has 1 aromatic carbocycles. The first-order valence-corrected chi connectivity index (χ1v) is 7.34. The topological polar surface area (TPSA) is 79.3 Å². The molecule has 21 heavy (non-hydrogen) atoms. The SMILES string of the molecule is N#Cc1c(/N=C/c2cccc([N+](=O)[O-])c2)sc2c1CCC2. The number of hydrogen-bond donors (Lipinski definition) is 0. The van der Waals surface area contributed by atoms with Gasteiger partial charge in [-0.25, -0.2) is 4.99 Å². The van der Waals surface area contributed by atoms with Crippen LogP contribution in [0.4, 0.5) is 10.7 Å². The number of fused-ring (bicyclic) bond motifs is 1. The fraction of sp³-hybridized carbons (Fsp3) is 0.200. The number of nitro groups is 1. The van der Waals surface area contributed by atoms with Gasteiger partial charge in [-0.3, -0.25) is 10.1 Å². The molecule has 0 saturated carbocycles. The summed E-state index contributed by atoms with van der Waals surface area (Å²) in [6.45, 7) is 0. The van der Waals surface area contributed by atoms with Crippen molar-refractivity contribution in [3.8, 4) is 6.07 Å². The fourth-order valence-corrected chi connectivity index (χ4v) is 3.63. The molecule has 0 atom stereocenters. The standard InChI is InChI=1S/C15H11N3O2S/c16-8-13-12-5-2-6-14(12)21-15(13)17-9-10-3-1-4-11(7-10)18(19)20/h1,3-4,7,9H,2,5-6H2/b17-9+. The van der Waals surface area contributed by atoms with Gasteiger partial charge in [-0.05, 0) is 30.4 Å². The zero-order valence-corrected chi connectivity index (χ0v) is 11.9. The van der Waals surface area contributed by atoms with E-state index in [0.717, 1.165) is 24.8 Å². The van der Waals surface area contributed by atoms with Crippen LogP contribution < -0.4 is 0 Å². The molecule has 6 heteroatoms. The number of nitro benzene ring substituents is 1. The third-order valence-electron chi connectivity index (χ3n) is 3.43. The van der Waals surface area contributed by atoms with Crippen molar-refractivity contribution in [1.29, 1.82) is 5.26 Å². The van der Waals surface area contributed by atoms with Crippen LogP contribution in [0, 0.1) is 21.4 Å². The largest absolute Gasteiger partial charge is 0.270 e. The van der Waals surface area contributed by atoms with Crippen LogP contribution in [-0.2, 0) is 12.8 Å². The molecule has 0 spiro atoms. The number of aryl methyl sites for hydroxylation is 1. The monoisotopic (exact) mass is 297 g/mol. The molecule has 1 heterocycles. The van der Waals surface area contributed by atoms with Crippen LogP contribution in [0.1, 0.15) is 28.0 Å². The van der Waals surface area contributed by atoms with Crippen LogP contribution in [0.3, 0.4) is 0 Å². The molecule has 0 N–H and O–H groups in total. The summed E-state index contributed by atoms with van der Waals surface area (Å²) in [6.07, 6.45) is 4.64. The van der Waals surface area contributed by atoms with Gasteiger partial charge in [-0.2, -0.15) is 5.26 Å². The summed E-state index contributed by atoms with van der Waals surface area (Å²) < 4.78 is 0. The van der Waals surface area contributed by atoms with Gasteiger partial charge in [0, 0.05) is 23.2 Å². The molecule has 0 radical (unpaired) electrons. The molecule has 0 bridgehead atoms. The van der Waals surface area contributed by atoms with Crippen molar-refractivity contribution in [2.45, 2.75) is 19.3 Å². The van der Waals surface area contributed by atoms with E-state index in [1.54, 1.807) is 29.7 Å². The maximum atomic E-state index is 10.7. The lowest BCUT2D eigenvalue weighted by Crippen LogP contribution is -1.89. The van der Waals surface area contributed by atoms with Crippen LogP contribution in [0.15, 0.2) is 29.3 Å². The highest BCUT2D eigenvalue weighted by molar-refractivity contribution is 7.16. The van der Waals surface area contributed by atoms with Crippen LogP contribution in [0.5, 0.6) is 0 Å². The lowest BCUT2D eigenvalue weighted by molar-refractivity contribution is -0.384. The average molecular weight is 297 g/mol. The predicted molar refractivity (Wildman–Crippen MR) is 81.4 cm³/mol. The molecule has 1 aliphatic carbocycles. The van der Waals surface area contributed by atoms with Crippen molar-refractivity contribution in [2.75, 3.05) is 0 Å². The summed E-state index contributed by atoms with van der Waals surface area (Å²) in [6, 6.07) is 8.52. The number of aliphatic imine (C=N–C) groups is 1. The molecule has 104 valence electrons. The maximum Gasteiger partial charge on any atom is 0.270 e. The Morgan fingerprint density at radius 1 is 1.43 bits per heavy atom. The summed E-state index contributed by atoms with van der Waals surface area (Å²) >= 11 is 1.55. The molecule has 1 aliphatic rings. The predicted octanol–water partition coefficient (Wildman–Crippen LogP) is 3.77. The normalized spacial score (nSPS) is 13.3. The Balaban J connectivity index is 1.92. The van der Waals surface area contributed by atoms with Crippen LogP contribution in [-0.4, -0.2) is 11.1 Å². The van der Waals surface area contributed by atoms with Crippen LogP contribution in [0.2, 0.25) is 0 Å². The van der Waals surface area contributed by atoms with Gasteiger partial charge in [-0.1, -0.05) is 12.1 Å². The highest BCUT2D eigenvalue weighted by Gasteiger charge is 2.21. The van der Waals surface area contributed by atoms with Crippen molar-refractivity contribution in [3.05, 3.63) is 55.9 Å². The van der Waals surface area contributed by atoms with Gasteiger partial charge in [0.15, 0.2) is 0 Å². The van der Waals surface area contributed by atoms with E-state index < -0.39 is 4.92 Å². The average Bonchev–Trinajstić information content (AvgIpc) is 3.05. The van der Waals surface area contributed by atoms with Crippen molar-refractivity contribution >= 4 is 28.2 Å². The molecule has 5 nitrogen and oxygen atoms in total. The lowest BCUT2D eigenvalue weighted by atomic mass is 10.1. The molecule has 0 aliphatic heterocycles. The zero-order chi connectivity index (χ0) is 14.8. The van der Waals surface area contributed by atoms with Gasteiger partial charge in [-0.15, -0.1) is 11.3 Å². The number of nitrogens with zero attached hydrogens (tertiary/aromatic N) is 3. The molecule has 0 amide bonds. The Kier molecular flexibility index (Phi) is 3.50. The number of hydrogen-bond acceptors (Lipinski definition) is 5. The fourth-order valence-electron chi connectivity index (χ4n) is 2.45. The van der Waals surface area contributed by atoms with Crippen LogP contribution in [0.25, 0.3) is 0 Å². The smallest absolute Gasteiger partial charge is 0.258 e. The van der Waals surface area contributed by atoms with E-state index in [0.29, 0.717) is 16.1 Å². The van der Waals surface area contributed by atoms with Crippen molar-refractivity contribution in [1.82, 2.24) is 0 Å². The number of nitriles is 1. The summed E-state index contributed by atoms with van der Waals surface area (Å²) in [7, 11) is 0. The van der Waals surface area contributed by atoms with Crippen molar-refractivity contribution < 1.29 is 4.92 Å². The highest BCUT2D eigenvalue weighted by atomic mass is 32.1. The second-order valence-corrected chi connectivity index (χ2v) is 5.84. The summed E-state index contributed by atoms with van der Waals surface area (Å²) in [5, 5.41) is 20.7. The Bertz CT molecular complexity index is 787. The molecule has 2 aromatic rings. The first-order valence-electron chi connectivity index (χ1n) is 6.52. The minimum absolute atomic E-state index is 0.0353. The quantitative estimate of drug-likeness (QED) is 0.491. The maximum absolute atomic E-state index is 10.7. The second-order valence-electron chi connectivity index (χ2n) is 4.76. The van der Waals surface area contributed by atoms with E-state index in [9.17, 15) is 15.4 Å². The van der Waals surface area contributed by atoms with E-state index in [2.05, 4.69) is 11.1 Å². The first-order chi connectivity index (χ1) is 10.2. The van der Waals surface area contributed by atoms with E-state index in [1.165, 1.54) is 17.0 Å². The zero-order valence-electron chi connectivity index (χ0n) is 11.1. The Hall–Kier alpha value is -2.52. The van der Waals surface area contributed by atoms with Crippen LogP contribution >= 0.6 is 11.3 Å². The number of thiophene rings is 1. The summed E-state index contributed by atoms with van der Waals surface area (Å²) in [5.74, 6) is 0. The highest BCUT2D eigenvalue weighted by Crippen LogP contribution is 2.40. The lowest BCUT2D eigenvalue weighted by Gasteiger charge is -1.95. The van der Waals surface area contributed by atoms with E-state index in [4.69, 9.17) is 0 Å². The Labute approximate surface area is 125 Å². The van der Waals surface area contributed by atoms with Gasteiger partial charge >= 0.3 is 0 Å². The molecule has 3 rings (SSSR count). The van der Waals surface area contributed by atoms with E-state index >= 15 is 0 Å². The Morgan fingerprint density at radius 3 is 3.05 bits per heavy atom. The molecule has 1 aromatic heterocycles. The van der Waals surface area contributed by atoms with Gasteiger partial charge in [0.25, 0.3) is 5.69 Å². The van der Waals surface area contributed by atoms with Gasteiger partial charge < -0.3 is 0 Å². The Morgan fingerprint density at radius 2 is 2.29 bits per heavy atom.